The molecule has 0 saturated heterocycles. The molecule has 0 aliphatic rings. The number of carbonyl (C=O) groups is 2. The number of ketones is 1. The van der Waals surface area contributed by atoms with Crippen molar-refractivity contribution in [1.82, 2.24) is 0 Å². The van der Waals surface area contributed by atoms with Crippen molar-refractivity contribution in [3.05, 3.63) is 29.3 Å². The molecule has 1 aromatic rings. The number of hydrogen-bond acceptors (Lipinski definition) is 3. The van der Waals surface area contributed by atoms with Crippen molar-refractivity contribution >= 4 is 12.1 Å². The van der Waals surface area contributed by atoms with E-state index in [9.17, 15) is 18.4 Å². The molecule has 0 N–H and O–H groups in total. The molecule has 0 heterocycles. The second kappa shape index (κ2) is 4.63. The van der Waals surface area contributed by atoms with Gasteiger partial charge in [-0.1, -0.05) is 0 Å². The lowest BCUT2D eigenvalue weighted by molar-refractivity contribution is -0.107. The van der Waals surface area contributed by atoms with Crippen molar-refractivity contribution in [2.24, 2.45) is 0 Å². The second-order valence-corrected chi connectivity index (χ2v) is 2.76. The Kier molecular flexibility index (Phi) is 3.49. The summed E-state index contributed by atoms with van der Waals surface area (Å²) in [7, 11) is 1.19. The van der Waals surface area contributed by atoms with Gasteiger partial charge in [0.25, 0.3) is 0 Å². The lowest BCUT2D eigenvalue weighted by atomic mass is 10.1. The van der Waals surface area contributed by atoms with Crippen LogP contribution in [0.1, 0.15) is 16.8 Å². The molecule has 0 amide bonds. The van der Waals surface area contributed by atoms with Crippen molar-refractivity contribution in [1.29, 1.82) is 0 Å². The van der Waals surface area contributed by atoms with Gasteiger partial charge in [0.1, 0.15) is 12.1 Å². The summed E-state index contributed by atoms with van der Waals surface area (Å²) in [4.78, 5) is 21.2. The minimum atomic E-state index is -0.903. The smallest absolute Gasteiger partial charge is 0.172 e. The molecule has 0 aromatic heterocycles. The van der Waals surface area contributed by atoms with Crippen LogP contribution >= 0.6 is 0 Å². The number of aldehydes is 1. The molecule has 5 heteroatoms. The average molecular weight is 214 g/mol. The molecule has 0 atom stereocenters. The van der Waals surface area contributed by atoms with Crippen LogP contribution in [-0.2, 0) is 4.79 Å². The van der Waals surface area contributed by atoms with Crippen molar-refractivity contribution in [3.63, 3.8) is 0 Å². The summed E-state index contributed by atoms with van der Waals surface area (Å²) in [5.41, 5.74) is -0.444. The maximum Gasteiger partial charge on any atom is 0.172 e. The fourth-order valence-corrected chi connectivity index (χ4v) is 1.08. The fraction of sp³-hybridized carbons (Fsp3) is 0.200. The molecule has 15 heavy (non-hydrogen) atoms. The summed E-state index contributed by atoms with van der Waals surface area (Å²) in [5, 5.41) is 0. The van der Waals surface area contributed by atoms with Crippen LogP contribution in [0.4, 0.5) is 8.78 Å². The Morgan fingerprint density at radius 2 is 2.07 bits per heavy atom. The van der Waals surface area contributed by atoms with Gasteiger partial charge >= 0.3 is 0 Å². The van der Waals surface area contributed by atoms with Gasteiger partial charge in [-0.25, -0.2) is 8.78 Å². The van der Waals surface area contributed by atoms with E-state index in [-0.39, 0.29) is 5.75 Å². The third kappa shape index (κ3) is 2.37. The lowest BCUT2D eigenvalue weighted by Gasteiger charge is -2.04. The Hall–Kier alpha value is -1.78. The Bertz CT molecular complexity index is 402. The molecular formula is C10H8F2O3. The quantitative estimate of drug-likeness (QED) is 0.435. The van der Waals surface area contributed by atoms with Gasteiger partial charge in [0.2, 0.25) is 0 Å². The van der Waals surface area contributed by atoms with Crippen LogP contribution in [-0.4, -0.2) is 19.2 Å². The van der Waals surface area contributed by atoms with Crippen LogP contribution in [0.3, 0.4) is 0 Å². The molecule has 0 fully saturated rings. The van der Waals surface area contributed by atoms with E-state index in [2.05, 4.69) is 4.74 Å². The van der Waals surface area contributed by atoms with E-state index in [0.29, 0.717) is 6.29 Å². The molecule has 0 spiro atoms. The standard InChI is InChI=1S/C10H8F2O3/c1-15-10-5-7(11)6(4-8(10)12)9(14)2-3-13/h3-5H,2H2,1H3. The van der Waals surface area contributed by atoms with Crippen LogP contribution in [0.5, 0.6) is 5.75 Å². The van der Waals surface area contributed by atoms with E-state index in [1.54, 1.807) is 0 Å². The number of rotatable bonds is 4. The molecule has 0 radical (unpaired) electrons. The number of methoxy groups -OCH3 is 1. The first kappa shape index (κ1) is 11.3. The van der Waals surface area contributed by atoms with Gasteiger partial charge in [-0.15, -0.1) is 0 Å². The molecule has 0 aliphatic heterocycles. The molecule has 0 unspecified atom stereocenters. The van der Waals surface area contributed by atoms with Crippen LogP contribution < -0.4 is 4.74 Å². The molecule has 0 saturated carbocycles. The van der Waals surface area contributed by atoms with Crippen molar-refractivity contribution in [2.75, 3.05) is 7.11 Å². The first-order chi connectivity index (χ1) is 7.10. The third-order valence-corrected chi connectivity index (χ3v) is 1.81. The lowest BCUT2D eigenvalue weighted by Crippen LogP contribution is -2.04. The normalized spacial score (nSPS) is 9.80. The van der Waals surface area contributed by atoms with Crippen molar-refractivity contribution in [2.45, 2.75) is 6.42 Å². The van der Waals surface area contributed by atoms with Gasteiger partial charge < -0.3 is 9.53 Å². The summed E-state index contributed by atoms with van der Waals surface area (Å²) in [5.74, 6) is -2.78. The number of carbonyl (C=O) groups excluding carboxylic acids is 2. The minimum absolute atomic E-state index is 0.282. The third-order valence-electron chi connectivity index (χ3n) is 1.81. The highest BCUT2D eigenvalue weighted by atomic mass is 19.1. The summed E-state index contributed by atoms with van der Waals surface area (Å²) < 4.78 is 30.8. The van der Waals surface area contributed by atoms with Gasteiger partial charge in [-0.3, -0.25) is 4.79 Å². The van der Waals surface area contributed by atoms with E-state index >= 15 is 0 Å². The van der Waals surface area contributed by atoms with Crippen LogP contribution in [0.25, 0.3) is 0 Å². The SMILES string of the molecule is COc1cc(F)c(C(=O)CC=O)cc1F. The zero-order valence-electron chi connectivity index (χ0n) is 7.92. The van der Waals surface area contributed by atoms with E-state index < -0.39 is 29.4 Å². The second-order valence-electron chi connectivity index (χ2n) is 2.76. The van der Waals surface area contributed by atoms with Crippen LogP contribution in [0, 0.1) is 11.6 Å². The fourth-order valence-electron chi connectivity index (χ4n) is 1.08. The predicted octanol–water partition coefficient (Wildman–Crippen LogP) is 1.75. The van der Waals surface area contributed by atoms with Gasteiger partial charge in [0.15, 0.2) is 17.3 Å². The topological polar surface area (TPSA) is 43.4 Å². The van der Waals surface area contributed by atoms with Gasteiger partial charge in [-0.05, 0) is 6.07 Å². The zero-order valence-corrected chi connectivity index (χ0v) is 7.92. The monoisotopic (exact) mass is 214 g/mol. The summed E-state index contributed by atoms with van der Waals surface area (Å²) in [6.07, 6.45) is -0.132. The molecule has 0 bridgehead atoms. The van der Waals surface area contributed by atoms with E-state index in [1.807, 2.05) is 0 Å². The highest BCUT2D eigenvalue weighted by Crippen LogP contribution is 2.21. The maximum absolute atomic E-state index is 13.2. The molecule has 1 aromatic carbocycles. The van der Waals surface area contributed by atoms with E-state index in [0.717, 1.165) is 12.1 Å². The summed E-state index contributed by atoms with van der Waals surface area (Å²) in [6.45, 7) is 0. The first-order valence-electron chi connectivity index (χ1n) is 4.10. The molecule has 0 aliphatic carbocycles. The molecule has 3 nitrogen and oxygen atoms in total. The van der Waals surface area contributed by atoms with Gasteiger partial charge in [-0.2, -0.15) is 0 Å². The largest absolute Gasteiger partial charge is 0.494 e. The Morgan fingerprint density at radius 1 is 1.40 bits per heavy atom. The zero-order chi connectivity index (χ0) is 11.4. The van der Waals surface area contributed by atoms with Gasteiger partial charge in [0.05, 0.1) is 19.1 Å². The highest BCUT2D eigenvalue weighted by molar-refractivity contribution is 6.02. The highest BCUT2D eigenvalue weighted by Gasteiger charge is 2.15. The van der Waals surface area contributed by atoms with Gasteiger partial charge in [0, 0.05) is 6.07 Å². The number of benzene rings is 1. The molecule has 1 rings (SSSR count). The van der Waals surface area contributed by atoms with Crippen molar-refractivity contribution in [3.8, 4) is 5.75 Å². The number of ether oxygens (including phenoxy) is 1. The minimum Gasteiger partial charge on any atom is -0.494 e. The molecular weight excluding hydrogens is 206 g/mol. The summed E-state index contributed by atoms with van der Waals surface area (Å²) >= 11 is 0. The first-order valence-corrected chi connectivity index (χ1v) is 4.10. The maximum atomic E-state index is 13.2. The Balaban J connectivity index is 3.15. The van der Waals surface area contributed by atoms with Crippen molar-refractivity contribution < 1.29 is 23.1 Å². The number of Topliss-reactive ketones (excluding diaryl/α,β-unsaturated/α-hetero) is 1. The van der Waals surface area contributed by atoms with E-state index in [4.69, 9.17) is 0 Å². The van der Waals surface area contributed by atoms with Crippen LogP contribution in [0.15, 0.2) is 12.1 Å². The number of hydrogen-bond donors (Lipinski definition) is 0. The molecule has 80 valence electrons. The number of halogens is 2. The average Bonchev–Trinajstić information content (AvgIpc) is 2.21. The summed E-state index contributed by atoms with van der Waals surface area (Å²) in [6, 6.07) is 1.49. The van der Waals surface area contributed by atoms with E-state index in [1.165, 1.54) is 7.11 Å². The Morgan fingerprint density at radius 3 is 2.60 bits per heavy atom. The van der Waals surface area contributed by atoms with Crippen LogP contribution in [0.2, 0.25) is 0 Å². The Labute approximate surface area is 84.7 Å². The predicted molar refractivity (Wildman–Crippen MR) is 47.9 cm³/mol.